The first-order valence-corrected chi connectivity index (χ1v) is 8.01. The summed E-state index contributed by atoms with van der Waals surface area (Å²) in [6.45, 7) is 0. The van der Waals surface area contributed by atoms with Crippen molar-refractivity contribution in [3.05, 3.63) is 40.4 Å². The number of nitrogens with zero attached hydrogens (tertiary/aromatic N) is 4. The summed E-state index contributed by atoms with van der Waals surface area (Å²) in [5.74, 6) is 0.141. The lowest BCUT2D eigenvalue weighted by Crippen LogP contribution is -2.39. The molecule has 0 spiro atoms. The van der Waals surface area contributed by atoms with Gasteiger partial charge in [-0.25, -0.2) is 4.68 Å². The molecule has 1 N–H and O–H groups in total. The highest BCUT2D eigenvalue weighted by Crippen LogP contribution is 2.27. The van der Waals surface area contributed by atoms with Crippen molar-refractivity contribution in [3.63, 3.8) is 0 Å². The number of aromatic nitrogens is 4. The molecule has 2 heterocycles. The summed E-state index contributed by atoms with van der Waals surface area (Å²) in [6.07, 6.45) is 6.51. The number of aryl methyl sites for hydroxylation is 1. The van der Waals surface area contributed by atoms with Crippen molar-refractivity contribution >= 4 is 5.91 Å². The number of hydrogen-bond acceptors (Lipinski definition) is 5. The van der Waals surface area contributed by atoms with Gasteiger partial charge in [0.15, 0.2) is 0 Å². The lowest BCUT2D eigenvalue weighted by Gasteiger charge is -2.29. The minimum Gasteiger partial charge on any atom is -0.479 e. The van der Waals surface area contributed by atoms with Gasteiger partial charge in [0.05, 0.1) is 13.2 Å². The largest absolute Gasteiger partial charge is 0.479 e. The molecule has 24 heavy (non-hydrogen) atoms. The molecule has 1 aliphatic carbocycles. The summed E-state index contributed by atoms with van der Waals surface area (Å²) in [5.41, 5.74) is 0.355. The zero-order valence-corrected chi connectivity index (χ0v) is 13.8. The minimum absolute atomic E-state index is 0.0786. The fourth-order valence-electron chi connectivity index (χ4n) is 3.15. The monoisotopic (exact) mass is 331 g/mol. The van der Waals surface area contributed by atoms with E-state index in [1.54, 1.807) is 34.9 Å². The Morgan fingerprint density at radius 1 is 1.33 bits per heavy atom. The quantitative estimate of drug-likeness (QED) is 0.899. The average Bonchev–Trinajstić information content (AvgIpc) is 2.97. The molecule has 0 aromatic carbocycles. The Bertz CT molecular complexity index is 774. The van der Waals surface area contributed by atoms with Crippen LogP contribution in [-0.4, -0.2) is 38.6 Å². The number of nitrogens with one attached hydrogen (secondary N) is 1. The first kappa shape index (κ1) is 16.2. The van der Waals surface area contributed by atoms with Gasteiger partial charge in [0.2, 0.25) is 5.88 Å². The molecule has 8 nitrogen and oxygen atoms in total. The molecule has 0 unspecified atom stereocenters. The molecule has 1 saturated carbocycles. The van der Waals surface area contributed by atoms with Gasteiger partial charge in [0.25, 0.3) is 11.5 Å². The average molecular weight is 331 g/mol. The molecule has 1 amide bonds. The van der Waals surface area contributed by atoms with E-state index >= 15 is 0 Å². The number of methoxy groups -OCH3 is 1. The molecule has 8 heteroatoms. The van der Waals surface area contributed by atoms with E-state index in [1.807, 2.05) is 0 Å². The maximum Gasteiger partial charge on any atom is 0.266 e. The molecule has 2 aromatic heterocycles. The normalized spacial score (nSPS) is 20.6. The Labute approximate surface area is 139 Å². The second kappa shape index (κ2) is 6.86. The van der Waals surface area contributed by atoms with Gasteiger partial charge in [0.1, 0.15) is 5.56 Å². The number of carbonyl (C=O) groups excluding carboxylic acids is 1. The molecular weight excluding hydrogens is 310 g/mol. The number of rotatable bonds is 4. The molecule has 128 valence electrons. The van der Waals surface area contributed by atoms with E-state index in [4.69, 9.17) is 4.74 Å². The van der Waals surface area contributed by atoms with Crippen LogP contribution in [0.2, 0.25) is 0 Å². The summed E-state index contributed by atoms with van der Waals surface area (Å²) in [6, 6.07) is 3.35. The lowest BCUT2D eigenvalue weighted by molar-refractivity contribution is 0.0918. The third kappa shape index (κ3) is 3.32. The lowest BCUT2D eigenvalue weighted by atomic mass is 9.91. The second-order valence-electron chi connectivity index (χ2n) is 6.01. The Balaban J connectivity index is 1.60. The molecule has 3 rings (SSSR count). The van der Waals surface area contributed by atoms with Gasteiger partial charge < -0.3 is 10.1 Å². The Hall–Kier alpha value is -2.64. The van der Waals surface area contributed by atoms with E-state index < -0.39 is 0 Å². The first-order chi connectivity index (χ1) is 11.6. The van der Waals surface area contributed by atoms with Gasteiger partial charge in [-0.15, -0.1) is 5.10 Å². The van der Waals surface area contributed by atoms with Crippen LogP contribution in [0.3, 0.4) is 0 Å². The third-order valence-electron chi connectivity index (χ3n) is 4.35. The third-order valence-corrected chi connectivity index (χ3v) is 4.35. The Morgan fingerprint density at radius 2 is 2.08 bits per heavy atom. The van der Waals surface area contributed by atoms with Gasteiger partial charge in [-0.3, -0.25) is 14.3 Å². The van der Waals surface area contributed by atoms with Crippen LogP contribution in [0.5, 0.6) is 5.88 Å². The molecule has 1 fully saturated rings. The Morgan fingerprint density at radius 3 is 2.75 bits per heavy atom. The summed E-state index contributed by atoms with van der Waals surface area (Å²) in [7, 11) is 3.24. The van der Waals surface area contributed by atoms with E-state index in [9.17, 15) is 9.59 Å². The van der Waals surface area contributed by atoms with Crippen LogP contribution in [0.4, 0.5) is 0 Å². The minimum atomic E-state index is -0.182. The van der Waals surface area contributed by atoms with E-state index in [1.165, 1.54) is 13.2 Å². The summed E-state index contributed by atoms with van der Waals surface area (Å²) < 4.78 is 8.22. The smallest absolute Gasteiger partial charge is 0.266 e. The van der Waals surface area contributed by atoms with Gasteiger partial charge >= 0.3 is 0 Å². The van der Waals surface area contributed by atoms with Gasteiger partial charge in [0, 0.05) is 31.5 Å². The highest BCUT2D eigenvalue weighted by molar-refractivity contribution is 5.96. The fraction of sp³-hybridized carbons (Fsp3) is 0.500. The summed E-state index contributed by atoms with van der Waals surface area (Å²) in [4.78, 5) is 24.2. The van der Waals surface area contributed by atoms with Gasteiger partial charge in [-0.2, -0.15) is 5.10 Å². The summed E-state index contributed by atoms with van der Waals surface area (Å²) in [5, 5.41) is 11.3. The standard InChI is InChI=1S/C16H21N5O3/c1-20-10-13(16(19-20)24-2)15(23)18-11-5-7-12(8-6-11)21-14(22)4-3-9-17-21/h3-4,9-12H,5-8H2,1-2H3,(H,18,23). The fourth-order valence-corrected chi connectivity index (χ4v) is 3.15. The van der Waals surface area contributed by atoms with Crippen molar-refractivity contribution in [1.82, 2.24) is 24.9 Å². The van der Waals surface area contributed by atoms with Crippen molar-refractivity contribution in [2.75, 3.05) is 7.11 Å². The number of amides is 1. The van der Waals surface area contributed by atoms with Crippen LogP contribution in [0.15, 0.2) is 29.3 Å². The van der Waals surface area contributed by atoms with Gasteiger partial charge in [-0.1, -0.05) is 0 Å². The van der Waals surface area contributed by atoms with Crippen LogP contribution in [-0.2, 0) is 7.05 Å². The molecule has 1 aliphatic rings. The van der Waals surface area contributed by atoms with Crippen molar-refractivity contribution in [1.29, 1.82) is 0 Å². The zero-order chi connectivity index (χ0) is 17.1. The number of hydrogen-bond donors (Lipinski definition) is 1. The van der Waals surface area contributed by atoms with Crippen molar-refractivity contribution < 1.29 is 9.53 Å². The number of carbonyl (C=O) groups is 1. The van der Waals surface area contributed by atoms with Crippen LogP contribution in [0.1, 0.15) is 42.1 Å². The number of ether oxygens (including phenoxy) is 1. The molecular formula is C16H21N5O3. The van der Waals surface area contributed by atoms with E-state index in [0.29, 0.717) is 11.4 Å². The van der Waals surface area contributed by atoms with Crippen molar-refractivity contribution in [2.24, 2.45) is 7.05 Å². The van der Waals surface area contributed by atoms with Crippen molar-refractivity contribution in [2.45, 2.75) is 37.8 Å². The van der Waals surface area contributed by atoms with E-state index in [0.717, 1.165) is 25.7 Å². The predicted octanol–water partition coefficient (Wildman–Crippen LogP) is 0.899. The maximum absolute atomic E-state index is 12.4. The topological polar surface area (TPSA) is 91.0 Å². The SMILES string of the molecule is COc1nn(C)cc1C(=O)NC1CCC(n2ncccc2=O)CC1. The van der Waals surface area contributed by atoms with E-state index in [-0.39, 0.29) is 23.6 Å². The molecule has 0 aliphatic heterocycles. The van der Waals surface area contributed by atoms with Crippen LogP contribution in [0, 0.1) is 0 Å². The zero-order valence-electron chi connectivity index (χ0n) is 13.8. The predicted molar refractivity (Wildman–Crippen MR) is 87.0 cm³/mol. The molecule has 0 saturated heterocycles. The Kier molecular flexibility index (Phi) is 4.64. The van der Waals surface area contributed by atoms with Crippen LogP contribution in [0.25, 0.3) is 0 Å². The van der Waals surface area contributed by atoms with Crippen molar-refractivity contribution in [3.8, 4) is 5.88 Å². The second-order valence-corrected chi connectivity index (χ2v) is 6.01. The molecule has 0 radical (unpaired) electrons. The highest BCUT2D eigenvalue weighted by Gasteiger charge is 2.26. The maximum atomic E-state index is 12.4. The first-order valence-electron chi connectivity index (χ1n) is 8.01. The summed E-state index contributed by atoms with van der Waals surface area (Å²) >= 11 is 0. The molecule has 2 aromatic rings. The molecule has 0 atom stereocenters. The van der Waals surface area contributed by atoms with Gasteiger partial charge in [-0.05, 0) is 31.7 Å². The van der Waals surface area contributed by atoms with Crippen LogP contribution < -0.4 is 15.6 Å². The molecule has 0 bridgehead atoms. The highest BCUT2D eigenvalue weighted by atomic mass is 16.5. The van der Waals surface area contributed by atoms with E-state index in [2.05, 4.69) is 15.5 Å². The van der Waals surface area contributed by atoms with Crippen LogP contribution >= 0.6 is 0 Å².